The summed E-state index contributed by atoms with van der Waals surface area (Å²) >= 11 is 2.95. The summed E-state index contributed by atoms with van der Waals surface area (Å²) in [6.07, 6.45) is -0.351. The van der Waals surface area contributed by atoms with Gasteiger partial charge in [0.2, 0.25) is 0 Å². The van der Waals surface area contributed by atoms with Crippen LogP contribution in [-0.4, -0.2) is 42.3 Å². The highest BCUT2D eigenvalue weighted by Crippen LogP contribution is 2.35. The quantitative estimate of drug-likeness (QED) is 0.378. The van der Waals surface area contributed by atoms with E-state index < -0.39 is 44.2 Å². The van der Waals surface area contributed by atoms with Crippen molar-refractivity contribution in [1.82, 2.24) is 5.32 Å². The summed E-state index contributed by atoms with van der Waals surface area (Å²) in [4.78, 5) is 11.6. The largest absolute Gasteiger partial charge is 0.505 e. The third kappa shape index (κ3) is 5.37. The third-order valence-electron chi connectivity index (χ3n) is 4.00. The molecule has 1 amide bonds. The van der Waals surface area contributed by atoms with Crippen LogP contribution in [-0.2, 0) is 10.0 Å². The van der Waals surface area contributed by atoms with E-state index in [1.54, 1.807) is 13.8 Å². The van der Waals surface area contributed by atoms with Crippen LogP contribution in [0.3, 0.4) is 0 Å². The van der Waals surface area contributed by atoms with Crippen molar-refractivity contribution < 1.29 is 32.9 Å². The molecule has 0 aliphatic heterocycles. The van der Waals surface area contributed by atoms with Gasteiger partial charge in [0.05, 0.1) is 17.4 Å². The van der Waals surface area contributed by atoms with Crippen molar-refractivity contribution in [2.75, 3.05) is 11.3 Å². The van der Waals surface area contributed by atoms with Crippen LogP contribution in [0.2, 0.25) is 0 Å². The van der Waals surface area contributed by atoms with Crippen LogP contribution in [0, 0.1) is 12.7 Å². The van der Waals surface area contributed by atoms with Crippen LogP contribution in [0.4, 0.5) is 10.1 Å². The molecule has 2 aromatic rings. The monoisotopic (exact) mass is 490 g/mol. The Bertz CT molecular complexity index is 1050. The van der Waals surface area contributed by atoms with Gasteiger partial charge in [0, 0.05) is 11.0 Å². The van der Waals surface area contributed by atoms with Crippen molar-refractivity contribution in [3.05, 3.63) is 45.7 Å². The normalized spacial score (nSPS) is 12.4. The van der Waals surface area contributed by atoms with Gasteiger partial charge in [0.1, 0.15) is 4.90 Å². The second kappa shape index (κ2) is 8.97. The number of aromatic hydroxyl groups is 2. The molecule has 0 aliphatic carbocycles. The molecule has 0 bridgehead atoms. The maximum absolute atomic E-state index is 13.7. The van der Waals surface area contributed by atoms with Crippen molar-refractivity contribution >= 4 is 37.5 Å². The fourth-order valence-electron chi connectivity index (χ4n) is 2.43. The SMILES string of the molecule is CCC(O)CNC(=O)c1cc(C)cc(NS(=O)(=O)c2cc(Br)cc(F)c2O)c1O. The number of amides is 1. The molecule has 5 N–H and O–H groups in total. The van der Waals surface area contributed by atoms with Gasteiger partial charge >= 0.3 is 0 Å². The second-order valence-electron chi connectivity index (χ2n) is 6.32. The summed E-state index contributed by atoms with van der Waals surface area (Å²) < 4.78 is 41.1. The number of phenolic OH excluding ortho intramolecular Hbond substituents is 2. The van der Waals surface area contributed by atoms with E-state index in [1.165, 1.54) is 12.1 Å². The van der Waals surface area contributed by atoms with E-state index in [0.717, 1.165) is 12.1 Å². The molecule has 0 saturated carbocycles. The summed E-state index contributed by atoms with van der Waals surface area (Å²) in [5.41, 5.74) is -0.0899. The van der Waals surface area contributed by atoms with Gasteiger partial charge in [-0.2, -0.15) is 0 Å². The minimum Gasteiger partial charge on any atom is -0.505 e. The zero-order valence-corrected chi connectivity index (χ0v) is 17.9. The number of aliphatic hydroxyl groups is 1. The first kappa shape index (κ1) is 22.9. The average Bonchev–Trinajstić information content (AvgIpc) is 2.64. The van der Waals surface area contributed by atoms with Gasteiger partial charge < -0.3 is 20.6 Å². The van der Waals surface area contributed by atoms with Crippen molar-refractivity contribution in [2.24, 2.45) is 0 Å². The molecule has 0 heterocycles. The maximum atomic E-state index is 13.7. The van der Waals surface area contributed by atoms with E-state index in [2.05, 4.69) is 26.0 Å². The number of carbonyl (C=O) groups excluding carboxylic acids is 1. The minimum atomic E-state index is -4.50. The molecule has 0 fully saturated rings. The average molecular weight is 491 g/mol. The first-order valence-electron chi connectivity index (χ1n) is 8.47. The molecular formula is C18H20BrFN2O6S. The molecular weight excluding hydrogens is 471 g/mol. The van der Waals surface area contributed by atoms with Gasteiger partial charge in [-0.25, -0.2) is 12.8 Å². The van der Waals surface area contributed by atoms with Gasteiger partial charge in [-0.05, 0) is 43.2 Å². The maximum Gasteiger partial charge on any atom is 0.265 e. The second-order valence-corrected chi connectivity index (χ2v) is 8.89. The Balaban J connectivity index is 2.41. The number of rotatable bonds is 7. The van der Waals surface area contributed by atoms with Crippen molar-refractivity contribution in [3.8, 4) is 11.5 Å². The van der Waals surface area contributed by atoms with Gasteiger partial charge in [-0.1, -0.05) is 22.9 Å². The molecule has 29 heavy (non-hydrogen) atoms. The summed E-state index contributed by atoms with van der Waals surface area (Å²) in [6, 6.07) is 4.51. The van der Waals surface area contributed by atoms with E-state index in [9.17, 15) is 32.9 Å². The molecule has 2 rings (SSSR count). The lowest BCUT2D eigenvalue weighted by Crippen LogP contribution is -2.31. The summed E-state index contributed by atoms with van der Waals surface area (Å²) in [7, 11) is -4.50. The minimum absolute atomic E-state index is 0.0467. The molecule has 0 spiro atoms. The lowest BCUT2D eigenvalue weighted by Gasteiger charge is -2.15. The number of benzene rings is 2. The van der Waals surface area contributed by atoms with Crippen molar-refractivity contribution in [2.45, 2.75) is 31.3 Å². The van der Waals surface area contributed by atoms with Crippen LogP contribution in [0.25, 0.3) is 0 Å². The first-order valence-corrected chi connectivity index (χ1v) is 10.7. The number of hydrogen-bond acceptors (Lipinski definition) is 6. The molecule has 0 saturated heterocycles. The Kier molecular flexibility index (Phi) is 7.09. The number of aryl methyl sites for hydroxylation is 1. The Morgan fingerprint density at radius 1 is 1.21 bits per heavy atom. The number of phenols is 2. The highest BCUT2D eigenvalue weighted by atomic mass is 79.9. The fraction of sp³-hybridized carbons (Fsp3) is 0.278. The Hall–Kier alpha value is -2.37. The van der Waals surface area contributed by atoms with Crippen LogP contribution in [0.5, 0.6) is 11.5 Å². The highest BCUT2D eigenvalue weighted by Gasteiger charge is 2.25. The van der Waals surface area contributed by atoms with Crippen LogP contribution in [0.1, 0.15) is 29.3 Å². The molecule has 2 aromatic carbocycles. The van der Waals surface area contributed by atoms with E-state index in [0.29, 0.717) is 12.0 Å². The molecule has 0 aromatic heterocycles. The van der Waals surface area contributed by atoms with E-state index in [-0.39, 0.29) is 22.3 Å². The standard InChI is InChI=1S/C18H20BrFN2O6S/c1-3-11(23)8-21-18(26)12-4-9(2)5-14(16(12)24)22-29(27,28)15-7-10(19)6-13(20)17(15)25/h4-7,11,22-25H,3,8H2,1-2H3,(H,21,26). The Morgan fingerprint density at radius 2 is 1.86 bits per heavy atom. The third-order valence-corrected chi connectivity index (χ3v) is 5.83. The van der Waals surface area contributed by atoms with Crippen LogP contribution in [0.15, 0.2) is 33.6 Å². The van der Waals surface area contributed by atoms with Gasteiger partial charge in [-0.15, -0.1) is 0 Å². The Morgan fingerprint density at radius 3 is 2.48 bits per heavy atom. The van der Waals surface area contributed by atoms with Crippen LogP contribution >= 0.6 is 15.9 Å². The lowest BCUT2D eigenvalue weighted by atomic mass is 10.1. The first-order chi connectivity index (χ1) is 13.5. The predicted molar refractivity (Wildman–Crippen MR) is 108 cm³/mol. The number of halogens is 2. The molecule has 1 unspecified atom stereocenters. The van der Waals surface area contributed by atoms with Crippen molar-refractivity contribution in [3.63, 3.8) is 0 Å². The van der Waals surface area contributed by atoms with E-state index in [1.807, 2.05) is 0 Å². The Labute approximate surface area is 175 Å². The smallest absolute Gasteiger partial charge is 0.265 e. The predicted octanol–water partition coefficient (Wildman–Crippen LogP) is 2.61. The molecule has 1 atom stereocenters. The molecule has 11 heteroatoms. The van der Waals surface area contributed by atoms with Gasteiger partial charge in [0.25, 0.3) is 15.9 Å². The topological polar surface area (TPSA) is 136 Å². The number of hydrogen-bond donors (Lipinski definition) is 5. The van der Waals surface area contributed by atoms with Gasteiger partial charge in [-0.3, -0.25) is 9.52 Å². The van der Waals surface area contributed by atoms with E-state index >= 15 is 0 Å². The molecule has 0 aliphatic rings. The summed E-state index contributed by atoms with van der Waals surface area (Å²) in [5, 5.41) is 32.2. The number of sulfonamides is 1. The molecule has 0 radical (unpaired) electrons. The van der Waals surface area contributed by atoms with Crippen LogP contribution < -0.4 is 10.0 Å². The molecule has 158 valence electrons. The zero-order chi connectivity index (χ0) is 21.9. The lowest BCUT2D eigenvalue weighted by molar-refractivity contribution is 0.0911. The number of anilines is 1. The van der Waals surface area contributed by atoms with Gasteiger partial charge in [0.15, 0.2) is 17.3 Å². The number of carbonyl (C=O) groups is 1. The summed E-state index contributed by atoms with van der Waals surface area (Å²) in [6.45, 7) is 3.26. The molecule has 8 nitrogen and oxygen atoms in total. The highest BCUT2D eigenvalue weighted by molar-refractivity contribution is 9.10. The summed E-state index contributed by atoms with van der Waals surface area (Å²) in [5.74, 6) is -3.60. The number of aliphatic hydroxyl groups excluding tert-OH is 1. The zero-order valence-electron chi connectivity index (χ0n) is 15.5. The van der Waals surface area contributed by atoms with Crippen molar-refractivity contribution in [1.29, 1.82) is 0 Å². The van der Waals surface area contributed by atoms with E-state index in [4.69, 9.17) is 0 Å². The fourth-order valence-corrected chi connectivity index (χ4v) is 4.20. The number of nitrogens with one attached hydrogen (secondary N) is 2.